The molecule has 0 saturated carbocycles. The van der Waals surface area contributed by atoms with Crippen LogP contribution in [-0.4, -0.2) is 77.6 Å². The number of nitrogens with zero attached hydrogens (tertiary/aromatic N) is 1. The molecular formula is C15H26NO7+. The summed E-state index contributed by atoms with van der Waals surface area (Å²) in [5.74, 6) is -2.70. The van der Waals surface area contributed by atoms with Crippen LogP contribution in [-0.2, 0) is 19.1 Å². The fourth-order valence-corrected chi connectivity index (χ4v) is 1.90. The number of carboxylic acid groups (broad SMARTS) is 2. The molecule has 2 unspecified atom stereocenters. The third-order valence-electron chi connectivity index (χ3n) is 2.72. The van der Waals surface area contributed by atoms with E-state index in [2.05, 4.69) is 0 Å². The van der Waals surface area contributed by atoms with Crippen LogP contribution in [0.1, 0.15) is 25.7 Å². The molecule has 0 aliphatic rings. The van der Waals surface area contributed by atoms with Crippen LogP contribution in [0.3, 0.4) is 0 Å². The zero-order valence-corrected chi connectivity index (χ0v) is 13.8. The Kier molecular flexibility index (Phi) is 9.12. The van der Waals surface area contributed by atoms with Crippen molar-refractivity contribution in [1.29, 1.82) is 0 Å². The van der Waals surface area contributed by atoms with Crippen molar-refractivity contribution < 1.29 is 38.9 Å². The fraction of sp³-hybridized carbons (Fsp3) is 0.667. The molecule has 0 aliphatic heterocycles. The Morgan fingerprint density at radius 1 is 1.04 bits per heavy atom. The SMILES string of the molecule is C[N+](C)(C)CC(CC(=O)O)OC(=O)C/C=C/CC(O)CC(=O)O. The van der Waals surface area contributed by atoms with Gasteiger partial charge in [-0.15, -0.1) is 0 Å². The minimum absolute atomic E-state index is 0.0624. The quantitative estimate of drug-likeness (QED) is 0.282. The molecule has 3 N–H and O–H groups in total. The van der Waals surface area contributed by atoms with Gasteiger partial charge in [0, 0.05) is 0 Å². The van der Waals surface area contributed by atoms with Crippen LogP contribution in [0.25, 0.3) is 0 Å². The number of ether oxygens (including phenoxy) is 1. The average molecular weight is 332 g/mol. The zero-order chi connectivity index (χ0) is 18.0. The topological polar surface area (TPSA) is 121 Å². The summed E-state index contributed by atoms with van der Waals surface area (Å²) in [7, 11) is 5.60. The maximum atomic E-state index is 11.7. The van der Waals surface area contributed by atoms with Crippen molar-refractivity contribution in [3.63, 3.8) is 0 Å². The highest BCUT2D eigenvalue weighted by Crippen LogP contribution is 2.07. The maximum absolute atomic E-state index is 11.7. The van der Waals surface area contributed by atoms with E-state index < -0.39 is 30.1 Å². The molecule has 0 aromatic heterocycles. The number of aliphatic carboxylic acids is 2. The number of rotatable bonds is 11. The third-order valence-corrected chi connectivity index (χ3v) is 2.72. The molecule has 0 saturated heterocycles. The summed E-state index contributed by atoms with van der Waals surface area (Å²) < 4.78 is 5.63. The van der Waals surface area contributed by atoms with Crippen molar-refractivity contribution in [2.24, 2.45) is 0 Å². The van der Waals surface area contributed by atoms with Crippen LogP contribution in [0.4, 0.5) is 0 Å². The van der Waals surface area contributed by atoms with Crippen LogP contribution in [0.15, 0.2) is 12.2 Å². The van der Waals surface area contributed by atoms with Crippen molar-refractivity contribution in [1.82, 2.24) is 0 Å². The molecule has 8 heteroatoms. The number of hydrogen-bond acceptors (Lipinski definition) is 5. The molecule has 0 spiro atoms. The predicted molar refractivity (Wildman–Crippen MR) is 81.7 cm³/mol. The van der Waals surface area contributed by atoms with Gasteiger partial charge in [-0.1, -0.05) is 12.2 Å². The molecule has 0 bridgehead atoms. The van der Waals surface area contributed by atoms with Gasteiger partial charge in [0.2, 0.25) is 0 Å². The molecule has 0 amide bonds. The molecular weight excluding hydrogens is 306 g/mol. The van der Waals surface area contributed by atoms with E-state index in [1.165, 1.54) is 12.2 Å². The highest BCUT2D eigenvalue weighted by Gasteiger charge is 2.24. The number of carboxylic acids is 2. The van der Waals surface area contributed by atoms with E-state index in [9.17, 15) is 19.5 Å². The molecule has 0 aromatic rings. The van der Waals surface area contributed by atoms with E-state index in [0.717, 1.165) is 0 Å². The lowest BCUT2D eigenvalue weighted by atomic mass is 10.1. The lowest BCUT2D eigenvalue weighted by Gasteiger charge is -2.28. The zero-order valence-electron chi connectivity index (χ0n) is 13.8. The first-order valence-corrected chi connectivity index (χ1v) is 7.26. The van der Waals surface area contributed by atoms with Crippen LogP contribution in [0.5, 0.6) is 0 Å². The minimum atomic E-state index is -1.10. The van der Waals surface area contributed by atoms with E-state index in [0.29, 0.717) is 11.0 Å². The number of aliphatic hydroxyl groups is 1. The molecule has 0 fully saturated rings. The number of hydrogen-bond donors (Lipinski definition) is 3. The summed E-state index contributed by atoms with van der Waals surface area (Å²) in [5, 5.41) is 26.7. The van der Waals surface area contributed by atoms with Gasteiger partial charge >= 0.3 is 17.9 Å². The van der Waals surface area contributed by atoms with Crippen molar-refractivity contribution in [2.75, 3.05) is 27.7 Å². The average Bonchev–Trinajstić information content (AvgIpc) is 2.30. The maximum Gasteiger partial charge on any atom is 0.310 e. The number of carbonyl (C=O) groups is 3. The van der Waals surface area contributed by atoms with E-state index in [1.54, 1.807) is 0 Å². The second kappa shape index (κ2) is 9.96. The molecule has 0 heterocycles. The molecule has 0 rings (SSSR count). The van der Waals surface area contributed by atoms with Crippen LogP contribution in [0.2, 0.25) is 0 Å². The van der Waals surface area contributed by atoms with E-state index in [4.69, 9.17) is 14.9 Å². The standard InChI is InChI=1S/C15H25NO7/c1-16(2,3)10-12(9-14(20)21)23-15(22)7-5-4-6-11(17)8-13(18)19/h4-5,11-12,17H,6-10H2,1-3H3,(H-,18,19,20,21)/p+1/b5-4+. The van der Waals surface area contributed by atoms with Crippen molar-refractivity contribution in [3.05, 3.63) is 12.2 Å². The first kappa shape index (κ1) is 21.1. The molecule has 0 aliphatic carbocycles. The monoisotopic (exact) mass is 332 g/mol. The lowest BCUT2D eigenvalue weighted by Crippen LogP contribution is -2.43. The molecule has 2 atom stereocenters. The molecule has 0 aromatic carbocycles. The van der Waals surface area contributed by atoms with Gasteiger partial charge in [0.1, 0.15) is 6.54 Å². The van der Waals surface area contributed by atoms with Crippen molar-refractivity contribution in [2.45, 2.75) is 37.9 Å². The predicted octanol–water partition coefficient (Wildman–Crippen LogP) is 0.251. The van der Waals surface area contributed by atoms with Gasteiger partial charge in [-0.05, 0) is 6.42 Å². The summed E-state index contributed by atoms with van der Waals surface area (Å²) in [5.41, 5.74) is 0. The van der Waals surface area contributed by atoms with Gasteiger partial charge in [0.15, 0.2) is 6.10 Å². The number of aliphatic hydroxyl groups excluding tert-OH is 1. The fourth-order valence-electron chi connectivity index (χ4n) is 1.90. The van der Waals surface area contributed by atoms with Crippen molar-refractivity contribution in [3.8, 4) is 0 Å². The smallest absolute Gasteiger partial charge is 0.310 e. The van der Waals surface area contributed by atoms with Gasteiger partial charge in [-0.25, -0.2) is 0 Å². The molecule has 23 heavy (non-hydrogen) atoms. The lowest BCUT2D eigenvalue weighted by molar-refractivity contribution is -0.873. The second-order valence-corrected chi connectivity index (χ2v) is 6.35. The number of esters is 1. The Balaban J connectivity index is 4.31. The molecule has 132 valence electrons. The number of quaternary nitrogens is 1. The van der Waals surface area contributed by atoms with Crippen LogP contribution >= 0.6 is 0 Å². The van der Waals surface area contributed by atoms with Crippen LogP contribution < -0.4 is 0 Å². The summed E-state index contributed by atoms with van der Waals surface area (Å²) in [6, 6.07) is 0. The number of carbonyl (C=O) groups excluding carboxylic acids is 1. The first-order valence-electron chi connectivity index (χ1n) is 7.26. The second-order valence-electron chi connectivity index (χ2n) is 6.35. The Hall–Kier alpha value is -1.93. The summed E-state index contributed by atoms with van der Waals surface area (Å²) >= 11 is 0. The Labute approximate surface area is 135 Å². The van der Waals surface area contributed by atoms with Crippen LogP contribution in [0, 0.1) is 0 Å². The summed E-state index contributed by atoms with van der Waals surface area (Å²) in [6.07, 6.45) is 0.687. The molecule has 8 nitrogen and oxygen atoms in total. The van der Waals surface area contributed by atoms with Gasteiger partial charge in [0.25, 0.3) is 0 Å². The van der Waals surface area contributed by atoms with Gasteiger partial charge in [-0.3, -0.25) is 14.4 Å². The minimum Gasteiger partial charge on any atom is -0.481 e. The highest BCUT2D eigenvalue weighted by molar-refractivity contribution is 5.72. The molecule has 0 radical (unpaired) electrons. The van der Waals surface area contributed by atoms with Gasteiger partial charge < -0.3 is 24.5 Å². The van der Waals surface area contributed by atoms with Gasteiger partial charge in [0.05, 0.1) is 46.5 Å². The Morgan fingerprint density at radius 2 is 1.61 bits per heavy atom. The normalized spacial score (nSPS) is 14.4. The van der Waals surface area contributed by atoms with E-state index in [1.807, 2.05) is 21.1 Å². The third kappa shape index (κ3) is 13.5. The number of likely N-dealkylation sites (N-methyl/N-ethyl adjacent to an activating group) is 1. The highest BCUT2D eigenvalue weighted by atomic mass is 16.5. The summed E-state index contributed by atoms with van der Waals surface area (Å²) in [4.78, 5) is 32.9. The van der Waals surface area contributed by atoms with E-state index in [-0.39, 0.29) is 25.7 Å². The Morgan fingerprint density at radius 3 is 2.09 bits per heavy atom. The Bertz CT molecular complexity index is 440. The van der Waals surface area contributed by atoms with Crippen molar-refractivity contribution >= 4 is 17.9 Å². The summed E-state index contributed by atoms with van der Waals surface area (Å²) in [6.45, 7) is 0.374. The first-order chi connectivity index (χ1) is 10.5. The van der Waals surface area contributed by atoms with E-state index >= 15 is 0 Å². The largest absolute Gasteiger partial charge is 0.481 e. The van der Waals surface area contributed by atoms with Gasteiger partial charge in [-0.2, -0.15) is 0 Å².